The maximum absolute atomic E-state index is 11.7. The predicted octanol–water partition coefficient (Wildman–Crippen LogP) is 1.35. The Kier molecular flexibility index (Phi) is 5.39. The monoisotopic (exact) mass is 263 g/mol. The third-order valence-electron chi connectivity index (χ3n) is 3.35. The molecule has 0 saturated heterocycles. The molecule has 1 aliphatic carbocycles. The van der Waals surface area contributed by atoms with Gasteiger partial charge in [0.1, 0.15) is 0 Å². The Labute approximate surface area is 103 Å². The van der Waals surface area contributed by atoms with Crippen LogP contribution in [0.4, 0.5) is 0 Å². The lowest BCUT2D eigenvalue weighted by molar-refractivity contribution is -0.136. The molecule has 1 fully saturated rings. The third-order valence-corrected chi connectivity index (χ3v) is 4.75. The Morgan fingerprint density at radius 1 is 1.35 bits per heavy atom. The van der Waals surface area contributed by atoms with Gasteiger partial charge in [-0.15, -0.1) is 0 Å². The van der Waals surface area contributed by atoms with Crippen molar-refractivity contribution in [1.82, 2.24) is 4.72 Å². The van der Waals surface area contributed by atoms with Gasteiger partial charge in [-0.2, -0.15) is 0 Å². The van der Waals surface area contributed by atoms with Crippen LogP contribution in [0.5, 0.6) is 0 Å². The van der Waals surface area contributed by atoms with E-state index in [1.165, 1.54) is 0 Å². The van der Waals surface area contributed by atoms with Crippen LogP contribution in [0.15, 0.2) is 0 Å². The van der Waals surface area contributed by atoms with Crippen molar-refractivity contribution >= 4 is 16.0 Å². The van der Waals surface area contributed by atoms with Crippen molar-refractivity contribution in [2.45, 2.75) is 51.5 Å². The predicted molar refractivity (Wildman–Crippen MR) is 65.2 cm³/mol. The summed E-state index contributed by atoms with van der Waals surface area (Å²) in [6.45, 7) is 2.06. The standard InChI is InChI=1S/C11H21NO4S/c1-2-9-5-3-4-6-10(9)12-17(15,16)8-7-11(13)14/h9-10,12H,2-8H2,1H3,(H,13,14). The smallest absolute Gasteiger partial charge is 0.304 e. The van der Waals surface area contributed by atoms with Gasteiger partial charge in [-0.3, -0.25) is 4.79 Å². The van der Waals surface area contributed by atoms with E-state index in [2.05, 4.69) is 11.6 Å². The number of sulfonamides is 1. The first-order valence-electron chi connectivity index (χ1n) is 6.16. The third kappa shape index (κ3) is 5.04. The molecule has 1 aliphatic rings. The molecule has 17 heavy (non-hydrogen) atoms. The fourth-order valence-electron chi connectivity index (χ4n) is 2.36. The van der Waals surface area contributed by atoms with E-state index in [1.54, 1.807) is 0 Å². The lowest BCUT2D eigenvalue weighted by atomic mass is 9.83. The Hall–Kier alpha value is -0.620. The molecule has 0 aromatic carbocycles. The topological polar surface area (TPSA) is 83.5 Å². The second-order valence-electron chi connectivity index (χ2n) is 4.64. The number of hydrogen-bond donors (Lipinski definition) is 2. The van der Waals surface area contributed by atoms with Gasteiger partial charge in [0.05, 0.1) is 12.2 Å². The van der Waals surface area contributed by atoms with Gasteiger partial charge in [0, 0.05) is 6.04 Å². The van der Waals surface area contributed by atoms with Crippen molar-refractivity contribution in [3.63, 3.8) is 0 Å². The number of carbonyl (C=O) groups is 1. The van der Waals surface area contributed by atoms with Gasteiger partial charge < -0.3 is 5.11 Å². The van der Waals surface area contributed by atoms with E-state index in [0.29, 0.717) is 5.92 Å². The first kappa shape index (κ1) is 14.4. The van der Waals surface area contributed by atoms with E-state index >= 15 is 0 Å². The van der Waals surface area contributed by atoms with E-state index in [4.69, 9.17) is 5.11 Å². The van der Waals surface area contributed by atoms with Gasteiger partial charge in [0.25, 0.3) is 0 Å². The summed E-state index contributed by atoms with van der Waals surface area (Å²) in [7, 11) is -3.45. The maximum Gasteiger partial charge on any atom is 0.304 e. The highest BCUT2D eigenvalue weighted by molar-refractivity contribution is 7.89. The molecular formula is C11H21NO4S. The molecule has 1 saturated carbocycles. The first-order chi connectivity index (χ1) is 7.94. The second kappa shape index (κ2) is 6.35. The molecule has 0 bridgehead atoms. The van der Waals surface area contributed by atoms with Crippen LogP contribution >= 0.6 is 0 Å². The van der Waals surface area contributed by atoms with Crippen LogP contribution in [0.25, 0.3) is 0 Å². The van der Waals surface area contributed by atoms with Gasteiger partial charge >= 0.3 is 5.97 Å². The molecule has 1 rings (SSSR count). The quantitative estimate of drug-likeness (QED) is 0.757. The van der Waals surface area contributed by atoms with Crippen LogP contribution in [-0.4, -0.2) is 31.3 Å². The average Bonchev–Trinajstić information content (AvgIpc) is 2.27. The highest BCUT2D eigenvalue weighted by atomic mass is 32.2. The molecule has 0 radical (unpaired) electrons. The summed E-state index contributed by atoms with van der Waals surface area (Å²) in [6.07, 6.45) is 4.76. The lowest BCUT2D eigenvalue weighted by Gasteiger charge is -2.31. The summed E-state index contributed by atoms with van der Waals surface area (Å²) < 4.78 is 26.0. The molecule has 0 heterocycles. The van der Waals surface area contributed by atoms with Crippen LogP contribution < -0.4 is 4.72 Å². The highest BCUT2D eigenvalue weighted by Gasteiger charge is 2.27. The summed E-state index contributed by atoms with van der Waals surface area (Å²) in [6, 6.07) is -0.00690. The fourth-order valence-corrected chi connectivity index (χ4v) is 3.70. The average molecular weight is 263 g/mol. The van der Waals surface area contributed by atoms with Gasteiger partial charge in [-0.1, -0.05) is 26.2 Å². The van der Waals surface area contributed by atoms with Crippen molar-refractivity contribution in [3.05, 3.63) is 0 Å². The molecule has 0 aliphatic heterocycles. The van der Waals surface area contributed by atoms with E-state index in [9.17, 15) is 13.2 Å². The van der Waals surface area contributed by atoms with Crippen molar-refractivity contribution in [1.29, 1.82) is 0 Å². The zero-order valence-corrected chi connectivity index (χ0v) is 11.0. The summed E-state index contributed by atoms with van der Waals surface area (Å²) in [5.41, 5.74) is 0. The Bertz CT molecular complexity index is 352. The number of carboxylic acid groups (broad SMARTS) is 1. The number of hydrogen-bond acceptors (Lipinski definition) is 3. The largest absolute Gasteiger partial charge is 0.481 e. The number of nitrogens with one attached hydrogen (secondary N) is 1. The molecule has 2 atom stereocenters. The summed E-state index contributed by atoms with van der Waals surface area (Å²) in [4.78, 5) is 10.4. The van der Waals surface area contributed by atoms with Crippen LogP contribution in [0.3, 0.4) is 0 Å². The van der Waals surface area contributed by atoms with Gasteiger partial charge in [-0.05, 0) is 18.8 Å². The minimum atomic E-state index is -3.45. The molecule has 0 amide bonds. The zero-order chi connectivity index (χ0) is 12.9. The summed E-state index contributed by atoms with van der Waals surface area (Å²) >= 11 is 0. The molecular weight excluding hydrogens is 242 g/mol. The first-order valence-corrected chi connectivity index (χ1v) is 7.81. The minimum absolute atomic E-state index is 0.00690. The van der Waals surface area contributed by atoms with Crippen LogP contribution in [0, 0.1) is 5.92 Å². The molecule has 0 aromatic rings. The number of carboxylic acids is 1. The van der Waals surface area contributed by atoms with Gasteiger partial charge in [0.2, 0.25) is 10.0 Å². The van der Waals surface area contributed by atoms with Crippen molar-refractivity contribution in [3.8, 4) is 0 Å². The fraction of sp³-hybridized carbons (Fsp3) is 0.909. The normalized spacial score (nSPS) is 25.7. The molecule has 5 nitrogen and oxygen atoms in total. The summed E-state index contributed by atoms with van der Waals surface area (Å²) in [5.74, 6) is -1.01. The van der Waals surface area contributed by atoms with Crippen LogP contribution in [0.2, 0.25) is 0 Å². The molecule has 2 N–H and O–H groups in total. The van der Waals surface area contributed by atoms with Crippen LogP contribution in [0.1, 0.15) is 45.4 Å². The summed E-state index contributed by atoms with van der Waals surface area (Å²) in [5, 5.41) is 8.49. The Balaban J connectivity index is 2.52. The van der Waals surface area contributed by atoms with Gasteiger partial charge in [0.15, 0.2) is 0 Å². The lowest BCUT2D eigenvalue weighted by Crippen LogP contribution is -2.43. The van der Waals surface area contributed by atoms with Crippen molar-refractivity contribution in [2.24, 2.45) is 5.92 Å². The second-order valence-corrected chi connectivity index (χ2v) is 6.51. The Morgan fingerprint density at radius 3 is 2.59 bits per heavy atom. The molecule has 100 valence electrons. The number of rotatable bonds is 6. The van der Waals surface area contributed by atoms with Crippen molar-refractivity contribution < 1.29 is 18.3 Å². The van der Waals surface area contributed by atoms with E-state index in [1.807, 2.05) is 0 Å². The van der Waals surface area contributed by atoms with Gasteiger partial charge in [-0.25, -0.2) is 13.1 Å². The highest BCUT2D eigenvalue weighted by Crippen LogP contribution is 2.27. The van der Waals surface area contributed by atoms with Crippen molar-refractivity contribution in [2.75, 3.05) is 5.75 Å². The maximum atomic E-state index is 11.7. The van der Waals surface area contributed by atoms with E-state index < -0.39 is 16.0 Å². The minimum Gasteiger partial charge on any atom is -0.481 e. The molecule has 0 spiro atoms. The molecule has 6 heteroatoms. The van der Waals surface area contributed by atoms with E-state index in [-0.39, 0.29) is 18.2 Å². The van der Waals surface area contributed by atoms with Crippen LogP contribution in [-0.2, 0) is 14.8 Å². The molecule has 0 aromatic heterocycles. The Morgan fingerprint density at radius 2 is 2.00 bits per heavy atom. The molecule has 2 unspecified atom stereocenters. The van der Waals surface area contributed by atoms with E-state index in [0.717, 1.165) is 32.1 Å². The number of aliphatic carboxylic acids is 1. The zero-order valence-electron chi connectivity index (χ0n) is 10.2. The SMILES string of the molecule is CCC1CCCCC1NS(=O)(=O)CCC(=O)O.